The van der Waals surface area contributed by atoms with E-state index in [0.717, 1.165) is 11.3 Å². The molecule has 0 aliphatic rings. The van der Waals surface area contributed by atoms with E-state index < -0.39 is 0 Å². The minimum Gasteiger partial charge on any atom is -0.414 e. The molecule has 1 amide bonds. The molecule has 30 heavy (non-hydrogen) atoms. The first kappa shape index (κ1) is 20.2. The van der Waals surface area contributed by atoms with Crippen molar-refractivity contribution in [1.29, 1.82) is 0 Å². The van der Waals surface area contributed by atoms with E-state index in [-0.39, 0.29) is 11.7 Å². The number of hydrogen-bond donors (Lipinski definition) is 1. The summed E-state index contributed by atoms with van der Waals surface area (Å²) in [6.07, 6.45) is 2.99. The summed E-state index contributed by atoms with van der Waals surface area (Å²) in [5.41, 5.74) is 5.54. The average Bonchev–Trinajstić information content (AvgIpc) is 3.43. The van der Waals surface area contributed by atoms with Crippen LogP contribution in [0.2, 0.25) is 0 Å². The fraction of sp³-hybridized carbons (Fsp3) is 0.263. The van der Waals surface area contributed by atoms with E-state index in [2.05, 4.69) is 63.5 Å². The van der Waals surface area contributed by atoms with Crippen LogP contribution in [-0.2, 0) is 11.3 Å². The topological polar surface area (TPSA) is 112 Å². The molecule has 1 N–H and O–H groups in total. The van der Waals surface area contributed by atoms with Crippen LogP contribution in [-0.4, -0.2) is 41.6 Å². The van der Waals surface area contributed by atoms with Crippen LogP contribution in [0.4, 0.5) is 5.13 Å². The Morgan fingerprint density at radius 2 is 2.03 bits per heavy atom. The van der Waals surface area contributed by atoms with Gasteiger partial charge in [0.05, 0.1) is 11.4 Å². The van der Waals surface area contributed by atoms with Gasteiger partial charge in [-0.1, -0.05) is 29.5 Å². The summed E-state index contributed by atoms with van der Waals surface area (Å²) in [4.78, 5) is 20.7. The smallest absolute Gasteiger partial charge is 0.277 e. The van der Waals surface area contributed by atoms with Crippen molar-refractivity contribution in [2.24, 2.45) is 0 Å². The normalized spacial score (nSPS) is 11.0. The molecule has 3 heterocycles. The molecule has 0 spiro atoms. The summed E-state index contributed by atoms with van der Waals surface area (Å²) >= 11 is 2.57. The molecule has 0 saturated carbocycles. The highest BCUT2D eigenvalue weighted by Crippen LogP contribution is 2.31. The molecular weight excluding hydrogens is 422 g/mol. The van der Waals surface area contributed by atoms with Crippen molar-refractivity contribution in [1.82, 2.24) is 29.9 Å². The number of aromatic nitrogens is 6. The number of hydrogen-bond acceptors (Lipinski definition) is 9. The lowest BCUT2D eigenvalue weighted by atomic mass is 9.98. The number of benzene rings is 1. The van der Waals surface area contributed by atoms with Gasteiger partial charge in [-0.25, -0.2) is 14.6 Å². The van der Waals surface area contributed by atoms with Crippen LogP contribution in [0.5, 0.6) is 0 Å². The number of anilines is 1. The van der Waals surface area contributed by atoms with Gasteiger partial charge < -0.3 is 9.73 Å². The van der Waals surface area contributed by atoms with Crippen molar-refractivity contribution in [2.45, 2.75) is 32.5 Å². The van der Waals surface area contributed by atoms with E-state index in [1.807, 2.05) is 5.38 Å². The Labute approximate surface area is 181 Å². The zero-order valence-electron chi connectivity index (χ0n) is 16.6. The van der Waals surface area contributed by atoms with Gasteiger partial charge in [0.2, 0.25) is 11.8 Å². The lowest BCUT2D eigenvalue weighted by Crippen LogP contribution is -2.13. The van der Waals surface area contributed by atoms with E-state index in [9.17, 15) is 4.79 Å². The molecule has 0 fully saturated rings. The highest BCUT2D eigenvalue weighted by atomic mass is 32.2. The predicted octanol–water partition coefficient (Wildman–Crippen LogP) is 3.49. The Morgan fingerprint density at radius 1 is 1.23 bits per heavy atom. The Hall–Kier alpha value is -3.05. The summed E-state index contributed by atoms with van der Waals surface area (Å²) in [7, 11) is 0. The molecule has 4 rings (SSSR count). The maximum Gasteiger partial charge on any atom is 0.277 e. The molecular formula is C19H19N7O2S2. The monoisotopic (exact) mass is 441 g/mol. The van der Waals surface area contributed by atoms with E-state index >= 15 is 0 Å². The summed E-state index contributed by atoms with van der Waals surface area (Å²) in [5.74, 6) is 0.355. The third kappa shape index (κ3) is 4.74. The molecule has 3 aromatic heterocycles. The Morgan fingerprint density at radius 3 is 2.77 bits per heavy atom. The molecule has 0 aliphatic carbocycles. The van der Waals surface area contributed by atoms with Gasteiger partial charge in [0.1, 0.15) is 19.2 Å². The number of amides is 1. The van der Waals surface area contributed by atoms with Crippen molar-refractivity contribution < 1.29 is 9.21 Å². The van der Waals surface area contributed by atoms with Gasteiger partial charge >= 0.3 is 0 Å². The van der Waals surface area contributed by atoms with Crippen LogP contribution >= 0.6 is 23.1 Å². The van der Waals surface area contributed by atoms with Crippen LogP contribution in [0.25, 0.3) is 11.3 Å². The highest BCUT2D eigenvalue weighted by Gasteiger charge is 2.14. The number of carbonyl (C=O) groups excluding carboxylic acids is 1. The first-order valence-corrected chi connectivity index (χ1v) is 11.0. The quantitative estimate of drug-likeness (QED) is 0.434. The van der Waals surface area contributed by atoms with Gasteiger partial charge in [0.15, 0.2) is 5.13 Å². The molecule has 0 saturated heterocycles. The summed E-state index contributed by atoms with van der Waals surface area (Å²) in [5, 5.41) is 17.5. The third-order valence-electron chi connectivity index (χ3n) is 4.22. The standard InChI is InChI=1S/C19H19N7O2S2/c1-11-4-12(2)17(13(3)5-11)14-7-29-18(22-14)23-15(27)8-30-19-25-24-16(28-19)6-26-10-20-9-21-26/h4-5,7,9-10H,6,8H2,1-3H3,(H,22,23,27). The van der Waals surface area contributed by atoms with Crippen LogP contribution in [0.15, 0.2) is 39.8 Å². The number of thiazole rings is 1. The van der Waals surface area contributed by atoms with E-state index in [4.69, 9.17) is 4.42 Å². The molecule has 11 heteroatoms. The van der Waals surface area contributed by atoms with Crippen molar-refractivity contribution >= 4 is 34.1 Å². The zero-order valence-corrected chi connectivity index (χ0v) is 18.3. The van der Waals surface area contributed by atoms with Crippen LogP contribution in [0.1, 0.15) is 22.6 Å². The number of nitrogens with zero attached hydrogens (tertiary/aromatic N) is 6. The van der Waals surface area contributed by atoms with Gasteiger partial charge in [0, 0.05) is 10.9 Å². The van der Waals surface area contributed by atoms with Crippen LogP contribution < -0.4 is 5.32 Å². The number of carbonyl (C=O) groups is 1. The van der Waals surface area contributed by atoms with E-state index in [0.29, 0.717) is 22.8 Å². The molecule has 0 atom stereocenters. The number of thioether (sulfide) groups is 1. The van der Waals surface area contributed by atoms with Gasteiger partial charge in [-0.05, 0) is 31.9 Å². The Bertz CT molecular complexity index is 1140. The maximum atomic E-state index is 12.3. The largest absolute Gasteiger partial charge is 0.414 e. The van der Waals surface area contributed by atoms with E-state index in [1.54, 1.807) is 11.0 Å². The SMILES string of the molecule is Cc1cc(C)c(-c2csc(NC(=O)CSc3nnc(Cn4cncn4)o3)n2)c(C)c1. The summed E-state index contributed by atoms with van der Waals surface area (Å²) in [6, 6.07) is 4.27. The average molecular weight is 442 g/mol. The van der Waals surface area contributed by atoms with Crippen molar-refractivity contribution in [3.63, 3.8) is 0 Å². The predicted molar refractivity (Wildman–Crippen MR) is 115 cm³/mol. The Kier molecular flexibility index (Phi) is 5.91. The minimum atomic E-state index is -0.186. The third-order valence-corrected chi connectivity index (χ3v) is 5.80. The second-order valence-corrected chi connectivity index (χ2v) is 8.49. The molecule has 0 aliphatic heterocycles. The second-order valence-electron chi connectivity index (χ2n) is 6.70. The van der Waals surface area contributed by atoms with Crippen LogP contribution in [0, 0.1) is 20.8 Å². The fourth-order valence-electron chi connectivity index (χ4n) is 3.13. The first-order valence-electron chi connectivity index (χ1n) is 9.09. The Balaban J connectivity index is 1.34. The van der Waals surface area contributed by atoms with Gasteiger partial charge in [-0.2, -0.15) is 5.10 Å². The van der Waals surface area contributed by atoms with Crippen molar-refractivity contribution in [3.05, 3.63) is 52.7 Å². The molecule has 0 unspecified atom stereocenters. The van der Waals surface area contributed by atoms with Gasteiger partial charge in [0.25, 0.3) is 5.22 Å². The molecule has 154 valence electrons. The number of nitrogens with one attached hydrogen (secondary N) is 1. The number of rotatable bonds is 7. The van der Waals surface area contributed by atoms with E-state index in [1.165, 1.54) is 46.1 Å². The van der Waals surface area contributed by atoms with Crippen LogP contribution in [0.3, 0.4) is 0 Å². The maximum absolute atomic E-state index is 12.3. The minimum absolute atomic E-state index is 0.141. The summed E-state index contributed by atoms with van der Waals surface area (Å²) in [6.45, 7) is 6.56. The first-order chi connectivity index (χ1) is 14.5. The molecule has 0 bridgehead atoms. The summed E-state index contributed by atoms with van der Waals surface area (Å²) < 4.78 is 7.09. The van der Waals surface area contributed by atoms with Crippen molar-refractivity contribution in [2.75, 3.05) is 11.1 Å². The highest BCUT2D eigenvalue weighted by molar-refractivity contribution is 7.99. The fourth-order valence-corrected chi connectivity index (χ4v) is 4.42. The second kappa shape index (κ2) is 8.76. The molecule has 0 radical (unpaired) electrons. The number of aryl methyl sites for hydroxylation is 3. The lowest BCUT2D eigenvalue weighted by Gasteiger charge is -2.08. The van der Waals surface area contributed by atoms with Crippen molar-refractivity contribution in [3.8, 4) is 11.3 Å². The van der Waals surface area contributed by atoms with Gasteiger partial charge in [-0.15, -0.1) is 21.5 Å². The molecule has 1 aromatic carbocycles. The lowest BCUT2D eigenvalue weighted by molar-refractivity contribution is -0.113. The zero-order chi connectivity index (χ0) is 21.1. The van der Waals surface area contributed by atoms with Gasteiger partial charge in [-0.3, -0.25) is 4.79 Å². The molecule has 4 aromatic rings. The molecule has 9 nitrogen and oxygen atoms in total.